The van der Waals surface area contributed by atoms with E-state index in [2.05, 4.69) is 10.6 Å². The Morgan fingerprint density at radius 2 is 2.04 bits per heavy atom. The molecule has 23 heavy (non-hydrogen) atoms. The van der Waals surface area contributed by atoms with Crippen LogP contribution in [0.4, 0.5) is 11.4 Å². The lowest BCUT2D eigenvalue weighted by molar-refractivity contribution is -0.136. The summed E-state index contributed by atoms with van der Waals surface area (Å²) in [5, 5.41) is 13.3. The normalized spacial score (nSPS) is 16.2. The average molecular weight is 341 g/mol. The predicted octanol–water partition coefficient (Wildman–Crippen LogP) is -0.418. The number of sulfonamides is 1. The maximum atomic E-state index is 11.9. The number of anilines is 2. The smallest absolute Gasteiger partial charge is 0.313 e. The molecule has 3 N–H and O–H groups in total. The number of nitrogens with one attached hydrogen (secondary N) is 2. The van der Waals surface area contributed by atoms with Crippen LogP contribution in [0.25, 0.3) is 0 Å². The van der Waals surface area contributed by atoms with Gasteiger partial charge in [-0.2, -0.15) is 0 Å². The fourth-order valence-electron chi connectivity index (χ4n) is 2.30. The highest BCUT2D eigenvalue weighted by molar-refractivity contribution is 7.93. The van der Waals surface area contributed by atoms with Gasteiger partial charge in [0.1, 0.15) is 0 Å². The minimum atomic E-state index is -3.26. The van der Waals surface area contributed by atoms with Gasteiger partial charge in [-0.15, -0.1) is 0 Å². The summed E-state index contributed by atoms with van der Waals surface area (Å²) in [6.07, 6.45) is 0.588. The molecule has 1 aliphatic heterocycles. The van der Waals surface area contributed by atoms with Crippen molar-refractivity contribution in [3.05, 3.63) is 23.8 Å². The van der Waals surface area contributed by atoms with Crippen molar-refractivity contribution in [3.8, 4) is 0 Å². The molecule has 8 nitrogen and oxygen atoms in total. The second-order valence-electron chi connectivity index (χ2n) is 5.17. The highest BCUT2D eigenvalue weighted by atomic mass is 32.2. The molecule has 9 heteroatoms. The zero-order valence-electron chi connectivity index (χ0n) is 12.7. The van der Waals surface area contributed by atoms with Crippen molar-refractivity contribution in [3.63, 3.8) is 0 Å². The Balaban J connectivity index is 2.11. The summed E-state index contributed by atoms with van der Waals surface area (Å²) < 4.78 is 25.2. The molecule has 1 heterocycles. The van der Waals surface area contributed by atoms with Crippen LogP contribution < -0.4 is 14.9 Å². The van der Waals surface area contributed by atoms with E-state index in [0.717, 1.165) is 0 Å². The lowest BCUT2D eigenvalue weighted by Crippen LogP contribution is -2.37. The maximum absolute atomic E-state index is 11.9. The number of aliphatic hydroxyl groups excluding tert-OH is 1. The Bertz CT molecular complexity index is 717. The molecule has 0 saturated carbocycles. The number of hydrogen-bond donors (Lipinski definition) is 3. The number of amides is 2. The van der Waals surface area contributed by atoms with E-state index in [1.807, 2.05) is 0 Å². The van der Waals surface area contributed by atoms with Crippen LogP contribution in [0.3, 0.4) is 0 Å². The number of aliphatic hydroxyl groups is 1. The first kappa shape index (κ1) is 17.2. The molecule has 0 unspecified atom stereocenters. The summed E-state index contributed by atoms with van der Waals surface area (Å²) >= 11 is 0. The van der Waals surface area contributed by atoms with Crippen molar-refractivity contribution in [2.24, 2.45) is 0 Å². The first-order chi connectivity index (χ1) is 10.8. The lowest BCUT2D eigenvalue weighted by Gasteiger charge is -2.18. The molecular weight excluding hydrogens is 322 g/mol. The lowest BCUT2D eigenvalue weighted by atomic mass is 10.1. The third-order valence-electron chi connectivity index (χ3n) is 3.45. The van der Waals surface area contributed by atoms with E-state index in [0.29, 0.717) is 29.9 Å². The first-order valence-electron chi connectivity index (χ1n) is 7.16. The third-order valence-corrected chi connectivity index (χ3v) is 5.32. The quantitative estimate of drug-likeness (QED) is 0.644. The number of rotatable bonds is 4. The molecule has 1 aromatic carbocycles. The maximum Gasteiger partial charge on any atom is 0.313 e. The highest BCUT2D eigenvalue weighted by Gasteiger charge is 2.28. The van der Waals surface area contributed by atoms with E-state index in [1.54, 1.807) is 25.1 Å². The van der Waals surface area contributed by atoms with Crippen molar-refractivity contribution in [1.82, 2.24) is 5.32 Å². The van der Waals surface area contributed by atoms with Gasteiger partial charge in [0.2, 0.25) is 10.0 Å². The topological polar surface area (TPSA) is 116 Å². The fraction of sp³-hybridized carbons (Fsp3) is 0.429. The molecule has 0 radical (unpaired) electrons. The van der Waals surface area contributed by atoms with E-state index in [-0.39, 0.29) is 18.9 Å². The van der Waals surface area contributed by atoms with Crippen LogP contribution in [-0.4, -0.2) is 50.8 Å². The van der Waals surface area contributed by atoms with Gasteiger partial charge >= 0.3 is 11.8 Å². The molecule has 1 aliphatic rings. The van der Waals surface area contributed by atoms with Gasteiger partial charge in [0.25, 0.3) is 0 Å². The predicted molar refractivity (Wildman–Crippen MR) is 85.7 cm³/mol. The highest BCUT2D eigenvalue weighted by Crippen LogP contribution is 2.27. The zero-order chi connectivity index (χ0) is 17.0. The van der Waals surface area contributed by atoms with Gasteiger partial charge in [-0.05, 0) is 37.1 Å². The number of benzene rings is 1. The molecule has 0 aromatic heterocycles. The van der Waals surface area contributed by atoms with Crippen LogP contribution in [-0.2, 0) is 19.6 Å². The van der Waals surface area contributed by atoms with Crippen molar-refractivity contribution in [2.75, 3.05) is 35.1 Å². The van der Waals surface area contributed by atoms with E-state index < -0.39 is 21.8 Å². The van der Waals surface area contributed by atoms with Crippen LogP contribution in [0.1, 0.15) is 12.0 Å². The van der Waals surface area contributed by atoms with Crippen molar-refractivity contribution in [2.45, 2.75) is 13.3 Å². The minimum Gasteiger partial charge on any atom is -0.395 e. The number of aryl methyl sites for hydroxylation is 1. The van der Waals surface area contributed by atoms with Crippen LogP contribution in [0.2, 0.25) is 0 Å². The SMILES string of the molecule is Cc1cc(N2CCCS2(=O)=O)ccc1NC(=O)C(=O)NCCO. The van der Waals surface area contributed by atoms with Crippen LogP contribution >= 0.6 is 0 Å². The van der Waals surface area contributed by atoms with E-state index in [9.17, 15) is 18.0 Å². The van der Waals surface area contributed by atoms with E-state index in [1.165, 1.54) is 4.31 Å². The van der Waals surface area contributed by atoms with Gasteiger partial charge in [0, 0.05) is 18.8 Å². The van der Waals surface area contributed by atoms with Crippen LogP contribution in [0.15, 0.2) is 18.2 Å². The number of nitrogens with zero attached hydrogens (tertiary/aromatic N) is 1. The number of carbonyl (C=O) groups excluding carboxylic acids is 2. The Hall–Kier alpha value is -2.13. The van der Waals surface area contributed by atoms with Gasteiger partial charge < -0.3 is 15.7 Å². The van der Waals surface area contributed by atoms with Crippen LogP contribution in [0.5, 0.6) is 0 Å². The molecule has 1 saturated heterocycles. The molecule has 2 amide bonds. The monoisotopic (exact) mass is 341 g/mol. The molecule has 2 rings (SSSR count). The Kier molecular flexibility index (Phi) is 5.22. The third kappa shape index (κ3) is 3.99. The Morgan fingerprint density at radius 3 is 2.61 bits per heavy atom. The minimum absolute atomic E-state index is 0.00298. The van der Waals surface area contributed by atoms with Crippen molar-refractivity contribution >= 4 is 33.2 Å². The molecule has 0 aliphatic carbocycles. The standard InChI is InChI=1S/C14H19N3O5S/c1-10-9-11(17-6-2-8-23(17,21)22)3-4-12(10)16-14(20)13(19)15-5-7-18/h3-4,9,18H,2,5-8H2,1H3,(H,15,19)(H,16,20). The first-order valence-corrected chi connectivity index (χ1v) is 8.77. The summed E-state index contributed by atoms with van der Waals surface area (Å²) in [5.41, 5.74) is 1.62. The Labute approximate surface area is 134 Å². The summed E-state index contributed by atoms with van der Waals surface area (Å²) in [5.74, 6) is -1.55. The molecule has 0 spiro atoms. The molecule has 1 aromatic rings. The molecule has 0 bridgehead atoms. The Morgan fingerprint density at radius 1 is 1.30 bits per heavy atom. The van der Waals surface area contributed by atoms with Gasteiger partial charge in [0.15, 0.2) is 0 Å². The number of hydrogen-bond acceptors (Lipinski definition) is 5. The van der Waals surface area contributed by atoms with Crippen molar-refractivity contribution < 1.29 is 23.1 Å². The molecule has 1 fully saturated rings. The zero-order valence-corrected chi connectivity index (χ0v) is 13.5. The number of carbonyl (C=O) groups is 2. The van der Waals surface area contributed by atoms with Gasteiger partial charge in [0.05, 0.1) is 18.0 Å². The second kappa shape index (κ2) is 6.97. The van der Waals surface area contributed by atoms with E-state index in [4.69, 9.17) is 5.11 Å². The summed E-state index contributed by atoms with van der Waals surface area (Å²) in [7, 11) is -3.26. The fourth-order valence-corrected chi connectivity index (χ4v) is 3.86. The molecule has 0 atom stereocenters. The molecular formula is C14H19N3O5S. The van der Waals surface area contributed by atoms with Crippen LogP contribution in [0, 0.1) is 6.92 Å². The summed E-state index contributed by atoms with van der Waals surface area (Å²) in [6.45, 7) is 1.90. The largest absolute Gasteiger partial charge is 0.395 e. The summed E-state index contributed by atoms with van der Waals surface area (Å²) in [6, 6.07) is 4.82. The van der Waals surface area contributed by atoms with Gasteiger partial charge in [-0.3, -0.25) is 13.9 Å². The van der Waals surface area contributed by atoms with Gasteiger partial charge in [-0.1, -0.05) is 0 Å². The molecule has 126 valence electrons. The second-order valence-corrected chi connectivity index (χ2v) is 7.19. The van der Waals surface area contributed by atoms with E-state index >= 15 is 0 Å². The van der Waals surface area contributed by atoms with Gasteiger partial charge in [-0.25, -0.2) is 8.42 Å². The average Bonchev–Trinajstić information content (AvgIpc) is 2.86. The summed E-state index contributed by atoms with van der Waals surface area (Å²) in [4.78, 5) is 23.2. The van der Waals surface area contributed by atoms with Crippen molar-refractivity contribution in [1.29, 1.82) is 0 Å².